The molecular weight excluding hydrogens is 202 g/mol. The molecule has 1 nitrogen and oxygen atoms in total. The van der Waals surface area contributed by atoms with Crippen LogP contribution in [0.25, 0.3) is 0 Å². The average Bonchev–Trinajstić information content (AvgIpc) is 2.79. The summed E-state index contributed by atoms with van der Waals surface area (Å²) in [5.41, 5.74) is 1.48. The van der Waals surface area contributed by atoms with Gasteiger partial charge in [0.05, 0.1) is 0 Å². The maximum absolute atomic E-state index is 3.52. The Labute approximate surface area is 96.9 Å². The van der Waals surface area contributed by atoms with Gasteiger partial charge in [0.1, 0.15) is 0 Å². The molecule has 0 aliphatic heterocycles. The number of aryl methyl sites for hydroxylation is 2. The van der Waals surface area contributed by atoms with Gasteiger partial charge in [-0.05, 0) is 51.3 Å². The van der Waals surface area contributed by atoms with Crippen molar-refractivity contribution in [3.63, 3.8) is 0 Å². The topological polar surface area (TPSA) is 12.0 Å². The highest BCUT2D eigenvalue weighted by Gasteiger charge is 2.27. The number of hydrogen-bond donors (Lipinski definition) is 1. The molecule has 1 aliphatic carbocycles. The predicted octanol–water partition coefficient (Wildman–Crippen LogP) is 3.82. The van der Waals surface area contributed by atoms with Gasteiger partial charge in [-0.2, -0.15) is 0 Å². The molecule has 0 bridgehead atoms. The summed E-state index contributed by atoms with van der Waals surface area (Å²) in [4.78, 5) is 3.02. The van der Waals surface area contributed by atoms with E-state index in [9.17, 15) is 0 Å². The van der Waals surface area contributed by atoms with Crippen molar-refractivity contribution >= 4 is 11.3 Å². The molecule has 2 rings (SSSR count). The normalized spacial score (nSPS) is 19.7. The molecule has 1 unspecified atom stereocenters. The Hall–Kier alpha value is -0.340. The Morgan fingerprint density at radius 2 is 2.00 bits per heavy atom. The first kappa shape index (κ1) is 11.2. The van der Waals surface area contributed by atoms with E-state index in [2.05, 4.69) is 32.3 Å². The van der Waals surface area contributed by atoms with E-state index in [-0.39, 0.29) is 0 Å². The fraction of sp³-hybridized carbons (Fsp3) is 0.692. The van der Waals surface area contributed by atoms with Crippen molar-refractivity contribution in [3.8, 4) is 0 Å². The lowest BCUT2D eigenvalue weighted by Crippen LogP contribution is -2.23. The Bertz CT molecular complexity index is 323. The molecule has 84 valence electrons. The van der Waals surface area contributed by atoms with Crippen molar-refractivity contribution in [3.05, 3.63) is 21.4 Å². The van der Waals surface area contributed by atoms with Gasteiger partial charge in [-0.25, -0.2) is 0 Å². The van der Waals surface area contributed by atoms with Crippen molar-refractivity contribution in [2.75, 3.05) is 7.05 Å². The fourth-order valence-corrected chi connectivity index (χ4v) is 4.08. The molecule has 1 fully saturated rings. The second kappa shape index (κ2) is 4.67. The summed E-state index contributed by atoms with van der Waals surface area (Å²) in [6.45, 7) is 4.46. The van der Waals surface area contributed by atoms with Crippen molar-refractivity contribution in [1.82, 2.24) is 5.32 Å². The van der Waals surface area contributed by atoms with Crippen molar-refractivity contribution in [2.24, 2.45) is 5.92 Å². The van der Waals surface area contributed by atoms with E-state index in [1.807, 2.05) is 11.3 Å². The number of hydrogen-bond acceptors (Lipinski definition) is 2. The molecular formula is C13H21NS. The van der Waals surface area contributed by atoms with Crippen LogP contribution in [-0.4, -0.2) is 7.05 Å². The van der Waals surface area contributed by atoms with Crippen molar-refractivity contribution in [2.45, 2.75) is 45.6 Å². The van der Waals surface area contributed by atoms with Gasteiger partial charge in [0.25, 0.3) is 0 Å². The van der Waals surface area contributed by atoms with E-state index in [1.54, 1.807) is 4.88 Å². The minimum atomic E-state index is 0.603. The molecule has 0 aromatic carbocycles. The van der Waals surface area contributed by atoms with Gasteiger partial charge in [0, 0.05) is 15.8 Å². The van der Waals surface area contributed by atoms with E-state index < -0.39 is 0 Å². The molecule has 1 aliphatic rings. The minimum Gasteiger partial charge on any atom is -0.312 e. The first-order valence-electron chi connectivity index (χ1n) is 5.96. The van der Waals surface area contributed by atoms with Crippen LogP contribution < -0.4 is 5.32 Å². The van der Waals surface area contributed by atoms with E-state index in [0.29, 0.717) is 6.04 Å². The monoisotopic (exact) mass is 223 g/mol. The predicted molar refractivity (Wildman–Crippen MR) is 67.6 cm³/mol. The summed E-state index contributed by atoms with van der Waals surface area (Å²) in [6.07, 6.45) is 5.66. The van der Waals surface area contributed by atoms with Gasteiger partial charge in [0.15, 0.2) is 0 Å². The molecule has 1 heterocycles. The summed E-state index contributed by atoms with van der Waals surface area (Å²) in [5, 5.41) is 3.52. The highest BCUT2D eigenvalue weighted by atomic mass is 32.1. The summed E-state index contributed by atoms with van der Waals surface area (Å²) in [7, 11) is 2.11. The SMILES string of the molecule is CNC(c1sc(C)cc1C)C1CCCC1. The molecule has 0 radical (unpaired) electrons. The molecule has 1 N–H and O–H groups in total. The molecule has 1 saturated carbocycles. The third-order valence-corrected chi connectivity index (χ3v) is 4.78. The molecule has 0 amide bonds. The second-order valence-corrected chi connectivity index (χ2v) is 6.00. The van der Waals surface area contributed by atoms with Gasteiger partial charge in [-0.15, -0.1) is 11.3 Å². The zero-order valence-corrected chi connectivity index (χ0v) is 10.8. The van der Waals surface area contributed by atoms with E-state index in [0.717, 1.165) is 5.92 Å². The van der Waals surface area contributed by atoms with Gasteiger partial charge in [-0.1, -0.05) is 12.8 Å². The fourth-order valence-electron chi connectivity index (χ4n) is 2.84. The van der Waals surface area contributed by atoms with Crippen LogP contribution in [0.15, 0.2) is 6.07 Å². The van der Waals surface area contributed by atoms with Crippen LogP contribution in [0.1, 0.15) is 47.0 Å². The van der Waals surface area contributed by atoms with Crippen LogP contribution >= 0.6 is 11.3 Å². The highest BCUT2D eigenvalue weighted by molar-refractivity contribution is 7.12. The molecule has 1 atom stereocenters. The Balaban J connectivity index is 2.21. The molecule has 2 heteroatoms. The maximum atomic E-state index is 3.52. The number of thiophene rings is 1. The van der Waals surface area contributed by atoms with E-state index in [4.69, 9.17) is 0 Å². The average molecular weight is 223 g/mol. The number of rotatable bonds is 3. The van der Waals surface area contributed by atoms with Gasteiger partial charge in [-0.3, -0.25) is 0 Å². The van der Waals surface area contributed by atoms with Crippen LogP contribution in [0.5, 0.6) is 0 Å². The summed E-state index contributed by atoms with van der Waals surface area (Å²) in [6, 6.07) is 2.92. The van der Waals surface area contributed by atoms with Crippen LogP contribution in [0.3, 0.4) is 0 Å². The second-order valence-electron chi connectivity index (χ2n) is 4.72. The van der Waals surface area contributed by atoms with Crippen LogP contribution in [0.4, 0.5) is 0 Å². The quantitative estimate of drug-likeness (QED) is 0.821. The summed E-state index contributed by atoms with van der Waals surface area (Å²) >= 11 is 1.97. The molecule has 0 saturated heterocycles. The maximum Gasteiger partial charge on any atom is 0.0443 e. The first-order valence-corrected chi connectivity index (χ1v) is 6.78. The van der Waals surface area contributed by atoms with Crippen LogP contribution in [0, 0.1) is 19.8 Å². The van der Waals surface area contributed by atoms with Crippen LogP contribution in [-0.2, 0) is 0 Å². The largest absolute Gasteiger partial charge is 0.312 e. The lowest BCUT2D eigenvalue weighted by Gasteiger charge is -2.22. The molecule has 15 heavy (non-hydrogen) atoms. The Kier molecular flexibility index (Phi) is 3.47. The lowest BCUT2D eigenvalue weighted by atomic mass is 9.95. The van der Waals surface area contributed by atoms with Crippen molar-refractivity contribution < 1.29 is 0 Å². The lowest BCUT2D eigenvalue weighted by molar-refractivity contribution is 0.394. The summed E-state index contributed by atoms with van der Waals surface area (Å²) in [5.74, 6) is 0.867. The highest BCUT2D eigenvalue weighted by Crippen LogP contribution is 2.39. The molecule has 1 aromatic rings. The Morgan fingerprint density at radius 3 is 2.47 bits per heavy atom. The molecule has 1 aromatic heterocycles. The number of nitrogens with one attached hydrogen (secondary N) is 1. The zero-order valence-electron chi connectivity index (χ0n) is 9.97. The molecule has 0 spiro atoms. The van der Waals surface area contributed by atoms with E-state index >= 15 is 0 Å². The minimum absolute atomic E-state index is 0.603. The third-order valence-electron chi connectivity index (χ3n) is 3.54. The van der Waals surface area contributed by atoms with Gasteiger partial charge in [0.2, 0.25) is 0 Å². The smallest absolute Gasteiger partial charge is 0.0443 e. The summed E-state index contributed by atoms with van der Waals surface area (Å²) < 4.78 is 0. The van der Waals surface area contributed by atoms with Gasteiger partial charge < -0.3 is 5.32 Å². The van der Waals surface area contributed by atoms with Crippen molar-refractivity contribution in [1.29, 1.82) is 0 Å². The third kappa shape index (κ3) is 2.26. The standard InChI is InChI=1S/C13H21NS/c1-9-8-10(2)15-13(9)12(14-3)11-6-4-5-7-11/h8,11-12,14H,4-7H2,1-3H3. The first-order chi connectivity index (χ1) is 7.22. The van der Waals surface area contributed by atoms with E-state index in [1.165, 1.54) is 36.1 Å². The van der Waals surface area contributed by atoms with Gasteiger partial charge >= 0.3 is 0 Å². The Morgan fingerprint density at radius 1 is 1.33 bits per heavy atom. The zero-order chi connectivity index (χ0) is 10.8. The van der Waals surface area contributed by atoms with Crippen LogP contribution in [0.2, 0.25) is 0 Å².